The van der Waals surface area contributed by atoms with Gasteiger partial charge in [-0.3, -0.25) is 4.79 Å². The Morgan fingerprint density at radius 3 is 2.41 bits per heavy atom. The highest BCUT2D eigenvalue weighted by Crippen LogP contribution is 2.23. The van der Waals surface area contributed by atoms with E-state index in [2.05, 4.69) is 5.32 Å². The first-order valence-electron chi connectivity index (χ1n) is 6.99. The van der Waals surface area contributed by atoms with E-state index in [-0.39, 0.29) is 5.91 Å². The van der Waals surface area contributed by atoms with Gasteiger partial charge in [-0.15, -0.1) is 0 Å². The van der Waals surface area contributed by atoms with Gasteiger partial charge in [0, 0.05) is 15.7 Å². The number of carbonyl (C=O) groups excluding carboxylic acids is 1. The molecule has 0 heterocycles. The molecule has 2 aromatic rings. The Morgan fingerprint density at radius 1 is 1.18 bits per heavy atom. The van der Waals surface area contributed by atoms with Gasteiger partial charge < -0.3 is 10.1 Å². The molecule has 5 heteroatoms. The van der Waals surface area contributed by atoms with Crippen molar-refractivity contribution in [3.63, 3.8) is 0 Å². The average Bonchev–Trinajstić information content (AvgIpc) is 2.45. The van der Waals surface area contributed by atoms with E-state index in [0.717, 1.165) is 5.56 Å². The number of benzene rings is 2. The molecule has 1 amide bonds. The molecule has 0 aliphatic rings. The third-order valence-corrected chi connectivity index (χ3v) is 3.59. The molecule has 22 heavy (non-hydrogen) atoms. The van der Waals surface area contributed by atoms with Crippen molar-refractivity contribution in [1.82, 2.24) is 0 Å². The van der Waals surface area contributed by atoms with E-state index in [1.54, 1.807) is 18.2 Å². The SMILES string of the molecule is CCC(Oc1ccccc1C)C(=O)Nc1cc(Cl)cc(Cl)c1. The average molecular weight is 338 g/mol. The summed E-state index contributed by atoms with van der Waals surface area (Å²) in [4.78, 5) is 12.4. The van der Waals surface area contributed by atoms with Crippen LogP contribution in [0.1, 0.15) is 18.9 Å². The van der Waals surface area contributed by atoms with E-state index in [0.29, 0.717) is 27.9 Å². The van der Waals surface area contributed by atoms with Crippen LogP contribution in [0.5, 0.6) is 5.75 Å². The van der Waals surface area contributed by atoms with E-state index >= 15 is 0 Å². The molecule has 1 atom stereocenters. The first kappa shape index (κ1) is 16.7. The van der Waals surface area contributed by atoms with Gasteiger partial charge in [0.1, 0.15) is 5.75 Å². The Bertz CT molecular complexity index is 653. The smallest absolute Gasteiger partial charge is 0.265 e. The molecule has 2 rings (SSSR count). The molecule has 3 nitrogen and oxygen atoms in total. The maximum atomic E-state index is 12.4. The van der Waals surface area contributed by atoms with Crippen LogP contribution in [0.25, 0.3) is 0 Å². The number of ether oxygens (including phenoxy) is 1. The summed E-state index contributed by atoms with van der Waals surface area (Å²) in [5, 5.41) is 3.72. The summed E-state index contributed by atoms with van der Waals surface area (Å²) in [5.41, 5.74) is 1.54. The maximum absolute atomic E-state index is 12.4. The highest BCUT2D eigenvalue weighted by molar-refractivity contribution is 6.35. The van der Waals surface area contributed by atoms with E-state index in [4.69, 9.17) is 27.9 Å². The lowest BCUT2D eigenvalue weighted by Crippen LogP contribution is -2.32. The Hall–Kier alpha value is -1.71. The maximum Gasteiger partial charge on any atom is 0.265 e. The summed E-state index contributed by atoms with van der Waals surface area (Å²) in [5.74, 6) is 0.470. The summed E-state index contributed by atoms with van der Waals surface area (Å²) in [6, 6.07) is 12.5. The fourth-order valence-corrected chi connectivity index (χ4v) is 2.54. The second kappa shape index (κ2) is 7.52. The van der Waals surface area contributed by atoms with Crippen LogP contribution < -0.4 is 10.1 Å². The molecule has 0 aliphatic carbocycles. The van der Waals surface area contributed by atoms with Crippen LogP contribution in [0.15, 0.2) is 42.5 Å². The molecule has 0 aromatic heterocycles. The standard InChI is InChI=1S/C17H17Cl2NO2/c1-3-15(22-16-7-5-4-6-11(16)2)17(21)20-14-9-12(18)8-13(19)10-14/h4-10,15H,3H2,1-2H3,(H,20,21). The number of nitrogens with one attached hydrogen (secondary N) is 1. The molecule has 1 unspecified atom stereocenters. The van der Waals surface area contributed by atoms with Crippen LogP contribution in [-0.4, -0.2) is 12.0 Å². The molecule has 0 fully saturated rings. The van der Waals surface area contributed by atoms with Crippen molar-refractivity contribution < 1.29 is 9.53 Å². The topological polar surface area (TPSA) is 38.3 Å². The number of para-hydroxylation sites is 1. The fraction of sp³-hybridized carbons (Fsp3) is 0.235. The van der Waals surface area contributed by atoms with Crippen LogP contribution in [0, 0.1) is 6.92 Å². The number of rotatable bonds is 5. The summed E-state index contributed by atoms with van der Waals surface area (Å²) < 4.78 is 5.81. The lowest BCUT2D eigenvalue weighted by molar-refractivity contribution is -0.122. The molecular formula is C17H17Cl2NO2. The van der Waals surface area contributed by atoms with Crippen LogP contribution in [0.4, 0.5) is 5.69 Å². The second-order valence-corrected chi connectivity index (χ2v) is 5.80. The van der Waals surface area contributed by atoms with Crippen LogP contribution in [0.2, 0.25) is 10.0 Å². The number of amides is 1. The minimum absolute atomic E-state index is 0.232. The molecule has 0 radical (unpaired) electrons. The third-order valence-electron chi connectivity index (χ3n) is 3.16. The predicted octanol–water partition coefficient (Wildman–Crippen LogP) is 5.10. The summed E-state index contributed by atoms with van der Waals surface area (Å²) >= 11 is 11.9. The van der Waals surface area contributed by atoms with Crippen molar-refractivity contribution in [3.8, 4) is 5.75 Å². The zero-order valence-electron chi connectivity index (χ0n) is 12.4. The van der Waals surface area contributed by atoms with Crippen molar-refractivity contribution in [2.24, 2.45) is 0 Å². The van der Waals surface area contributed by atoms with Crippen molar-refractivity contribution >= 4 is 34.8 Å². The second-order valence-electron chi connectivity index (χ2n) is 4.93. The van der Waals surface area contributed by atoms with Gasteiger partial charge in [0.15, 0.2) is 6.10 Å². The first-order chi connectivity index (χ1) is 10.5. The summed E-state index contributed by atoms with van der Waals surface area (Å²) in [7, 11) is 0. The van der Waals surface area contributed by atoms with Gasteiger partial charge in [-0.2, -0.15) is 0 Å². The highest BCUT2D eigenvalue weighted by atomic mass is 35.5. The normalized spacial score (nSPS) is 11.8. The lowest BCUT2D eigenvalue weighted by atomic mass is 10.2. The van der Waals surface area contributed by atoms with Crippen molar-refractivity contribution in [1.29, 1.82) is 0 Å². The summed E-state index contributed by atoms with van der Waals surface area (Å²) in [6.07, 6.45) is -0.0343. The Kier molecular flexibility index (Phi) is 5.69. The Labute approximate surface area is 140 Å². The Balaban J connectivity index is 2.10. The van der Waals surface area contributed by atoms with Gasteiger partial charge in [-0.05, 0) is 43.2 Å². The van der Waals surface area contributed by atoms with Gasteiger partial charge in [0.2, 0.25) is 0 Å². The van der Waals surface area contributed by atoms with Crippen molar-refractivity contribution in [2.75, 3.05) is 5.32 Å². The monoisotopic (exact) mass is 337 g/mol. The number of hydrogen-bond acceptors (Lipinski definition) is 2. The predicted molar refractivity (Wildman–Crippen MR) is 91.0 cm³/mol. The molecule has 0 aliphatic heterocycles. The number of halogens is 2. The molecule has 1 N–H and O–H groups in total. The minimum atomic E-state index is -0.584. The molecule has 0 spiro atoms. The third kappa shape index (κ3) is 4.39. The van der Waals surface area contributed by atoms with E-state index in [1.807, 2.05) is 38.1 Å². The first-order valence-corrected chi connectivity index (χ1v) is 7.74. The fourth-order valence-electron chi connectivity index (χ4n) is 2.01. The largest absolute Gasteiger partial charge is 0.480 e. The van der Waals surface area contributed by atoms with Crippen LogP contribution >= 0.6 is 23.2 Å². The zero-order valence-corrected chi connectivity index (χ0v) is 13.9. The lowest BCUT2D eigenvalue weighted by Gasteiger charge is -2.18. The van der Waals surface area contributed by atoms with E-state index in [9.17, 15) is 4.79 Å². The number of hydrogen-bond donors (Lipinski definition) is 1. The highest BCUT2D eigenvalue weighted by Gasteiger charge is 2.19. The van der Waals surface area contributed by atoms with Gasteiger partial charge >= 0.3 is 0 Å². The zero-order chi connectivity index (χ0) is 16.1. The number of carbonyl (C=O) groups is 1. The van der Waals surface area contributed by atoms with Crippen molar-refractivity contribution in [3.05, 3.63) is 58.1 Å². The quantitative estimate of drug-likeness (QED) is 0.824. The minimum Gasteiger partial charge on any atom is -0.480 e. The van der Waals surface area contributed by atoms with Gasteiger partial charge in [-0.25, -0.2) is 0 Å². The number of aryl methyl sites for hydroxylation is 1. The summed E-state index contributed by atoms with van der Waals surface area (Å²) in [6.45, 7) is 3.84. The molecule has 0 bridgehead atoms. The van der Waals surface area contributed by atoms with Crippen LogP contribution in [0.3, 0.4) is 0 Å². The van der Waals surface area contributed by atoms with Crippen molar-refractivity contribution in [2.45, 2.75) is 26.4 Å². The van der Waals surface area contributed by atoms with Gasteiger partial charge in [0.25, 0.3) is 5.91 Å². The molecule has 0 saturated carbocycles. The molecule has 116 valence electrons. The van der Waals surface area contributed by atoms with Gasteiger partial charge in [-0.1, -0.05) is 48.3 Å². The van der Waals surface area contributed by atoms with Gasteiger partial charge in [0.05, 0.1) is 0 Å². The van der Waals surface area contributed by atoms with Crippen LogP contribution in [-0.2, 0) is 4.79 Å². The Morgan fingerprint density at radius 2 is 1.82 bits per heavy atom. The molecule has 2 aromatic carbocycles. The van der Waals surface area contributed by atoms with E-state index < -0.39 is 6.10 Å². The number of anilines is 1. The molecule has 0 saturated heterocycles. The molecular weight excluding hydrogens is 321 g/mol. The van der Waals surface area contributed by atoms with E-state index in [1.165, 1.54) is 0 Å².